The van der Waals surface area contributed by atoms with Crippen molar-refractivity contribution < 1.29 is 13.9 Å². The van der Waals surface area contributed by atoms with Crippen molar-refractivity contribution in [3.05, 3.63) is 65.2 Å². The van der Waals surface area contributed by atoms with Crippen molar-refractivity contribution >= 4 is 35.0 Å². The lowest BCUT2D eigenvalue weighted by atomic mass is 10.2. The lowest BCUT2D eigenvalue weighted by Crippen LogP contribution is -2.05. The summed E-state index contributed by atoms with van der Waals surface area (Å²) in [5.74, 6) is 1.30. The molecule has 0 aliphatic rings. The van der Waals surface area contributed by atoms with Crippen molar-refractivity contribution in [2.24, 2.45) is 0 Å². The van der Waals surface area contributed by atoms with E-state index in [4.69, 9.17) is 20.8 Å². The molecule has 8 heteroatoms. The van der Waals surface area contributed by atoms with Crippen LogP contribution in [0.3, 0.4) is 0 Å². The topological polar surface area (TPSA) is 89.3 Å². The van der Waals surface area contributed by atoms with E-state index in [1.165, 1.54) is 7.11 Å². The van der Waals surface area contributed by atoms with Crippen LogP contribution in [0.25, 0.3) is 0 Å². The van der Waals surface area contributed by atoms with Crippen LogP contribution in [-0.4, -0.2) is 23.0 Å². The molecule has 0 aliphatic carbocycles. The molecule has 0 amide bonds. The fourth-order valence-corrected chi connectivity index (χ4v) is 2.26. The summed E-state index contributed by atoms with van der Waals surface area (Å²) in [6, 6.07) is 10.2. The fraction of sp³-hybridized carbons (Fsp3) is 0.118. The number of anilines is 3. The summed E-state index contributed by atoms with van der Waals surface area (Å²) < 4.78 is 9.97. The number of nitrogens with one attached hydrogen (secondary N) is 2. The maximum absolute atomic E-state index is 11.6. The van der Waals surface area contributed by atoms with Gasteiger partial charge >= 0.3 is 5.97 Å². The van der Waals surface area contributed by atoms with Crippen LogP contribution >= 0.6 is 11.6 Å². The van der Waals surface area contributed by atoms with Gasteiger partial charge < -0.3 is 19.8 Å². The second kappa shape index (κ2) is 7.67. The third kappa shape index (κ3) is 4.27. The molecule has 2 N–H and O–H groups in total. The first-order valence-electron chi connectivity index (χ1n) is 7.40. The van der Waals surface area contributed by atoms with Crippen molar-refractivity contribution in [1.82, 2.24) is 9.97 Å². The molecule has 0 aliphatic heterocycles. The average molecular weight is 359 g/mol. The number of methoxy groups -OCH3 is 1. The molecule has 0 unspecified atom stereocenters. The molecule has 0 saturated carbocycles. The number of halogens is 1. The van der Waals surface area contributed by atoms with Gasteiger partial charge in [0.05, 0.1) is 36.2 Å². The van der Waals surface area contributed by atoms with E-state index in [2.05, 4.69) is 20.6 Å². The monoisotopic (exact) mass is 358 g/mol. The lowest BCUT2D eigenvalue weighted by molar-refractivity contribution is 0.0601. The van der Waals surface area contributed by atoms with Crippen molar-refractivity contribution in [2.75, 3.05) is 17.7 Å². The van der Waals surface area contributed by atoms with Crippen LogP contribution in [0.2, 0.25) is 5.02 Å². The van der Waals surface area contributed by atoms with Crippen molar-refractivity contribution in [3.8, 4) is 0 Å². The molecule has 0 saturated heterocycles. The van der Waals surface area contributed by atoms with Gasteiger partial charge in [-0.15, -0.1) is 0 Å². The minimum Gasteiger partial charge on any atom is -0.467 e. The Morgan fingerprint density at radius 3 is 2.96 bits per heavy atom. The van der Waals surface area contributed by atoms with Crippen molar-refractivity contribution in [3.63, 3.8) is 0 Å². The third-order valence-corrected chi connectivity index (χ3v) is 3.64. The number of nitrogens with zero attached hydrogens (tertiary/aromatic N) is 2. The number of rotatable bonds is 6. The number of carbonyl (C=O) groups is 1. The predicted molar refractivity (Wildman–Crippen MR) is 94.1 cm³/mol. The summed E-state index contributed by atoms with van der Waals surface area (Å²) in [6.45, 7) is 0.502. The normalized spacial score (nSPS) is 10.3. The maximum atomic E-state index is 11.6. The van der Waals surface area contributed by atoms with Crippen molar-refractivity contribution in [1.29, 1.82) is 0 Å². The SMILES string of the molecule is COC(=O)c1ccc(Cl)c(Nc2nccc(NCc3ccco3)n2)c1. The summed E-state index contributed by atoms with van der Waals surface area (Å²) in [5.41, 5.74) is 0.884. The highest BCUT2D eigenvalue weighted by Crippen LogP contribution is 2.26. The molecule has 3 rings (SSSR count). The minimum atomic E-state index is -0.450. The highest BCUT2D eigenvalue weighted by molar-refractivity contribution is 6.33. The van der Waals surface area contributed by atoms with E-state index in [1.807, 2.05) is 12.1 Å². The Labute approximate surface area is 149 Å². The Hall–Kier alpha value is -3.06. The number of aromatic nitrogens is 2. The molecule has 128 valence electrons. The van der Waals surface area contributed by atoms with E-state index >= 15 is 0 Å². The Kier molecular flexibility index (Phi) is 5.15. The summed E-state index contributed by atoms with van der Waals surface area (Å²) in [5, 5.41) is 6.57. The fourth-order valence-electron chi connectivity index (χ4n) is 2.09. The van der Waals surface area contributed by atoms with Crippen LogP contribution in [0.4, 0.5) is 17.5 Å². The van der Waals surface area contributed by atoms with Crippen LogP contribution in [0.1, 0.15) is 16.1 Å². The first-order valence-corrected chi connectivity index (χ1v) is 7.77. The molecule has 0 atom stereocenters. The number of hydrogen-bond donors (Lipinski definition) is 2. The molecule has 7 nitrogen and oxygen atoms in total. The molecule has 2 heterocycles. The highest BCUT2D eigenvalue weighted by Gasteiger charge is 2.10. The zero-order chi connectivity index (χ0) is 17.6. The van der Waals surface area contributed by atoms with Crippen LogP contribution in [-0.2, 0) is 11.3 Å². The summed E-state index contributed by atoms with van der Waals surface area (Å²) in [7, 11) is 1.32. The van der Waals surface area contributed by atoms with E-state index in [1.54, 1.807) is 36.7 Å². The van der Waals surface area contributed by atoms with Gasteiger partial charge in [0.25, 0.3) is 0 Å². The molecule has 0 bridgehead atoms. The number of esters is 1. The average Bonchev–Trinajstić information content (AvgIpc) is 3.15. The Morgan fingerprint density at radius 2 is 2.20 bits per heavy atom. The van der Waals surface area contributed by atoms with Gasteiger partial charge in [-0.3, -0.25) is 0 Å². The van der Waals surface area contributed by atoms with Gasteiger partial charge in [-0.05, 0) is 36.4 Å². The predicted octanol–water partition coefficient (Wildman–Crippen LogP) is 3.87. The number of benzene rings is 1. The second-order valence-electron chi connectivity index (χ2n) is 5.01. The summed E-state index contributed by atoms with van der Waals surface area (Å²) >= 11 is 6.16. The quantitative estimate of drug-likeness (QED) is 0.646. The van der Waals surface area contributed by atoms with E-state index in [0.717, 1.165) is 5.76 Å². The largest absolute Gasteiger partial charge is 0.467 e. The molecular formula is C17H15ClN4O3. The second-order valence-corrected chi connectivity index (χ2v) is 5.42. The smallest absolute Gasteiger partial charge is 0.337 e. The molecule has 0 fully saturated rings. The Morgan fingerprint density at radius 1 is 1.32 bits per heavy atom. The number of ether oxygens (including phenoxy) is 1. The molecule has 3 aromatic rings. The molecule has 0 radical (unpaired) electrons. The molecule has 1 aromatic carbocycles. The molecular weight excluding hydrogens is 344 g/mol. The van der Waals surface area contributed by atoms with E-state index in [9.17, 15) is 4.79 Å². The minimum absolute atomic E-state index is 0.341. The number of furan rings is 1. The highest BCUT2D eigenvalue weighted by atomic mass is 35.5. The summed E-state index contributed by atoms with van der Waals surface area (Å²) in [6.07, 6.45) is 3.22. The van der Waals surface area contributed by atoms with Gasteiger partial charge in [-0.1, -0.05) is 11.6 Å². The lowest BCUT2D eigenvalue weighted by Gasteiger charge is -2.10. The number of hydrogen-bond acceptors (Lipinski definition) is 7. The molecule has 2 aromatic heterocycles. The van der Waals surface area contributed by atoms with Gasteiger partial charge in [0.15, 0.2) is 0 Å². The van der Waals surface area contributed by atoms with Gasteiger partial charge in [-0.25, -0.2) is 9.78 Å². The van der Waals surface area contributed by atoms with Gasteiger partial charge in [0.2, 0.25) is 5.95 Å². The van der Waals surface area contributed by atoms with E-state index in [0.29, 0.717) is 34.6 Å². The third-order valence-electron chi connectivity index (χ3n) is 3.31. The first-order chi connectivity index (χ1) is 12.2. The van der Waals surface area contributed by atoms with Crippen LogP contribution in [0, 0.1) is 0 Å². The molecule has 25 heavy (non-hydrogen) atoms. The van der Waals surface area contributed by atoms with E-state index in [-0.39, 0.29) is 0 Å². The zero-order valence-corrected chi connectivity index (χ0v) is 14.1. The van der Waals surface area contributed by atoms with Crippen LogP contribution in [0.15, 0.2) is 53.3 Å². The Bertz CT molecular complexity index is 868. The zero-order valence-electron chi connectivity index (χ0n) is 13.3. The standard InChI is InChI=1S/C17H15ClN4O3/c1-24-16(23)11-4-5-13(18)14(9-11)21-17-19-7-6-15(22-17)20-10-12-3-2-8-25-12/h2-9H,10H2,1H3,(H2,19,20,21,22). The number of carbonyl (C=O) groups excluding carboxylic acids is 1. The van der Waals surface area contributed by atoms with Crippen LogP contribution < -0.4 is 10.6 Å². The Balaban J connectivity index is 1.74. The van der Waals surface area contributed by atoms with E-state index < -0.39 is 5.97 Å². The van der Waals surface area contributed by atoms with Gasteiger partial charge in [0.1, 0.15) is 11.6 Å². The van der Waals surface area contributed by atoms with Crippen molar-refractivity contribution in [2.45, 2.75) is 6.54 Å². The summed E-state index contributed by atoms with van der Waals surface area (Å²) in [4.78, 5) is 20.1. The van der Waals surface area contributed by atoms with Gasteiger partial charge in [0, 0.05) is 6.20 Å². The molecule has 0 spiro atoms. The maximum Gasteiger partial charge on any atom is 0.337 e. The van der Waals surface area contributed by atoms with Crippen LogP contribution in [0.5, 0.6) is 0 Å². The van der Waals surface area contributed by atoms with Gasteiger partial charge in [-0.2, -0.15) is 4.98 Å². The first kappa shape index (κ1) is 16.8.